The van der Waals surface area contributed by atoms with E-state index in [4.69, 9.17) is 0 Å². The summed E-state index contributed by atoms with van der Waals surface area (Å²) in [6.45, 7) is 4.73. The van der Waals surface area contributed by atoms with Crippen LogP contribution >= 0.6 is 0 Å². The molecule has 0 radical (unpaired) electrons. The van der Waals surface area contributed by atoms with Crippen molar-refractivity contribution in [1.82, 2.24) is 15.6 Å². The van der Waals surface area contributed by atoms with Gasteiger partial charge in [0.2, 0.25) is 0 Å². The minimum Gasteiger partial charge on any atom is -0.338 e. The molecule has 0 saturated heterocycles. The van der Waals surface area contributed by atoms with Gasteiger partial charge >= 0.3 is 6.03 Å². The number of pyridine rings is 1. The number of unbranched alkanes of at least 4 members (excludes halogenated alkanes) is 1. The Bertz CT molecular complexity index is 313. The molecule has 1 atom stereocenters. The molecule has 0 aliphatic carbocycles. The molecular weight excluding hydrogens is 202 g/mol. The fraction of sp³-hybridized carbons (Fsp3) is 0.500. The van der Waals surface area contributed by atoms with Gasteiger partial charge in [-0.2, -0.15) is 0 Å². The minimum atomic E-state index is -0.133. The number of amides is 2. The van der Waals surface area contributed by atoms with Gasteiger partial charge in [-0.25, -0.2) is 4.79 Å². The molecule has 0 aromatic carbocycles. The van der Waals surface area contributed by atoms with Crippen molar-refractivity contribution in [2.75, 3.05) is 6.54 Å². The van der Waals surface area contributed by atoms with E-state index in [0.29, 0.717) is 0 Å². The van der Waals surface area contributed by atoms with Gasteiger partial charge in [-0.05, 0) is 25.5 Å². The second-order valence-corrected chi connectivity index (χ2v) is 3.73. The summed E-state index contributed by atoms with van der Waals surface area (Å²) < 4.78 is 0. The molecule has 1 rings (SSSR count). The zero-order valence-electron chi connectivity index (χ0n) is 9.86. The van der Waals surface area contributed by atoms with Crippen LogP contribution in [0.15, 0.2) is 24.4 Å². The van der Waals surface area contributed by atoms with E-state index in [2.05, 4.69) is 22.5 Å². The molecule has 2 amide bonds. The molecule has 1 aromatic heterocycles. The van der Waals surface area contributed by atoms with Gasteiger partial charge in [0.25, 0.3) is 0 Å². The summed E-state index contributed by atoms with van der Waals surface area (Å²) in [4.78, 5) is 15.6. The monoisotopic (exact) mass is 221 g/mol. The minimum absolute atomic E-state index is 0.0668. The molecule has 0 saturated carbocycles. The van der Waals surface area contributed by atoms with Gasteiger partial charge in [-0.15, -0.1) is 0 Å². The highest BCUT2D eigenvalue weighted by atomic mass is 16.2. The van der Waals surface area contributed by atoms with Crippen LogP contribution < -0.4 is 10.6 Å². The number of aromatic nitrogens is 1. The molecule has 0 aliphatic heterocycles. The molecule has 4 heteroatoms. The van der Waals surface area contributed by atoms with E-state index in [1.807, 2.05) is 25.1 Å². The van der Waals surface area contributed by atoms with Gasteiger partial charge in [0.05, 0.1) is 11.7 Å². The molecule has 4 nitrogen and oxygen atoms in total. The Labute approximate surface area is 96.5 Å². The predicted octanol–water partition coefficient (Wildman–Crippen LogP) is 2.24. The van der Waals surface area contributed by atoms with Crippen LogP contribution in [0.2, 0.25) is 0 Å². The van der Waals surface area contributed by atoms with E-state index in [1.165, 1.54) is 0 Å². The first-order valence-electron chi connectivity index (χ1n) is 5.69. The van der Waals surface area contributed by atoms with Crippen LogP contribution in [0, 0.1) is 0 Å². The zero-order valence-corrected chi connectivity index (χ0v) is 9.86. The molecule has 16 heavy (non-hydrogen) atoms. The van der Waals surface area contributed by atoms with Crippen LogP contribution in [0.4, 0.5) is 4.79 Å². The molecule has 0 bridgehead atoms. The van der Waals surface area contributed by atoms with Gasteiger partial charge in [-0.1, -0.05) is 19.4 Å². The fourth-order valence-electron chi connectivity index (χ4n) is 1.33. The number of hydrogen-bond donors (Lipinski definition) is 2. The van der Waals surface area contributed by atoms with Crippen molar-refractivity contribution in [1.29, 1.82) is 0 Å². The topological polar surface area (TPSA) is 54.0 Å². The van der Waals surface area contributed by atoms with Gasteiger partial charge < -0.3 is 10.6 Å². The third kappa shape index (κ3) is 4.29. The number of nitrogens with zero attached hydrogens (tertiary/aromatic N) is 1. The molecule has 0 fully saturated rings. The average Bonchev–Trinajstić information content (AvgIpc) is 2.30. The molecule has 2 N–H and O–H groups in total. The summed E-state index contributed by atoms with van der Waals surface area (Å²) in [6.07, 6.45) is 3.81. The number of urea groups is 1. The average molecular weight is 221 g/mol. The van der Waals surface area contributed by atoms with Crippen LogP contribution in [0.3, 0.4) is 0 Å². The maximum atomic E-state index is 11.5. The first-order valence-corrected chi connectivity index (χ1v) is 5.69. The molecule has 1 heterocycles. The quantitative estimate of drug-likeness (QED) is 0.749. The number of carbonyl (C=O) groups excluding carboxylic acids is 1. The van der Waals surface area contributed by atoms with Gasteiger partial charge in [0.1, 0.15) is 0 Å². The highest BCUT2D eigenvalue weighted by molar-refractivity contribution is 5.74. The summed E-state index contributed by atoms with van der Waals surface area (Å²) in [6, 6.07) is 5.47. The Balaban J connectivity index is 2.34. The Morgan fingerprint density at radius 3 is 2.94 bits per heavy atom. The first-order chi connectivity index (χ1) is 7.74. The van der Waals surface area contributed by atoms with Crippen molar-refractivity contribution in [3.63, 3.8) is 0 Å². The predicted molar refractivity (Wildman–Crippen MR) is 64.1 cm³/mol. The van der Waals surface area contributed by atoms with Crippen LogP contribution in [0.5, 0.6) is 0 Å². The second kappa shape index (κ2) is 6.82. The number of hydrogen-bond acceptors (Lipinski definition) is 2. The number of rotatable bonds is 5. The highest BCUT2D eigenvalue weighted by Crippen LogP contribution is 2.06. The standard InChI is InChI=1S/C12H19N3O/c1-3-4-8-14-12(16)15-10(2)11-7-5-6-9-13-11/h5-7,9-10H,3-4,8H2,1-2H3,(H2,14,15,16). The van der Waals surface area contributed by atoms with Gasteiger partial charge in [-0.3, -0.25) is 4.98 Å². The van der Waals surface area contributed by atoms with Crippen molar-refractivity contribution in [2.45, 2.75) is 32.7 Å². The lowest BCUT2D eigenvalue weighted by atomic mass is 10.2. The molecule has 1 unspecified atom stereocenters. The second-order valence-electron chi connectivity index (χ2n) is 3.73. The van der Waals surface area contributed by atoms with Gasteiger partial charge in [0, 0.05) is 12.7 Å². The van der Waals surface area contributed by atoms with Crippen LogP contribution in [-0.4, -0.2) is 17.6 Å². The third-order valence-corrected chi connectivity index (χ3v) is 2.29. The lowest BCUT2D eigenvalue weighted by molar-refractivity contribution is 0.237. The maximum Gasteiger partial charge on any atom is 0.315 e. The zero-order chi connectivity index (χ0) is 11.8. The maximum absolute atomic E-state index is 11.5. The largest absolute Gasteiger partial charge is 0.338 e. The lowest BCUT2D eigenvalue weighted by Crippen LogP contribution is -2.37. The molecule has 1 aromatic rings. The van der Waals surface area contributed by atoms with Crippen molar-refractivity contribution >= 4 is 6.03 Å². The van der Waals surface area contributed by atoms with Gasteiger partial charge in [0.15, 0.2) is 0 Å². The van der Waals surface area contributed by atoms with E-state index >= 15 is 0 Å². The molecule has 0 spiro atoms. The van der Waals surface area contributed by atoms with E-state index in [0.717, 1.165) is 25.1 Å². The van der Waals surface area contributed by atoms with Crippen molar-refractivity contribution in [3.8, 4) is 0 Å². The van der Waals surface area contributed by atoms with E-state index in [-0.39, 0.29) is 12.1 Å². The van der Waals surface area contributed by atoms with Crippen molar-refractivity contribution in [2.24, 2.45) is 0 Å². The van der Waals surface area contributed by atoms with E-state index in [9.17, 15) is 4.79 Å². The molecule has 88 valence electrons. The smallest absolute Gasteiger partial charge is 0.315 e. The van der Waals surface area contributed by atoms with E-state index in [1.54, 1.807) is 6.20 Å². The summed E-state index contributed by atoms with van der Waals surface area (Å²) in [7, 11) is 0. The molecular formula is C12H19N3O. The highest BCUT2D eigenvalue weighted by Gasteiger charge is 2.08. The Morgan fingerprint density at radius 1 is 1.50 bits per heavy atom. The summed E-state index contributed by atoms with van der Waals surface area (Å²) in [5, 5.41) is 5.65. The van der Waals surface area contributed by atoms with Crippen LogP contribution in [-0.2, 0) is 0 Å². The third-order valence-electron chi connectivity index (χ3n) is 2.29. The van der Waals surface area contributed by atoms with Crippen molar-refractivity contribution in [3.05, 3.63) is 30.1 Å². The summed E-state index contributed by atoms with van der Waals surface area (Å²) in [5.41, 5.74) is 0.869. The Morgan fingerprint density at radius 2 is 2.31 bits per heavy atom. The summed E-state index contributed by atoms with van der Waals surface area (Å²) in [5.74, 6) is 0. The summed E-state index contributed by atoms with van der Waals surface area (Å²) >= 11 is 0. The van der Waals surface area contributed by atoms with Crippen molar-refractivity contribution < 1.29 is 4.79 Å². The van der Waals surface area contributed by atoms with Crippen LogP contribution in [0.1, 0.15) is 38.4 Å². The SMILES string of the molecule is CCCCNC(=O)NC(C)c1ccccn1. The lowest BCUT2D eigenvalue weighted by Gasteiger charge is -2.13. The van der Waals surface area contributed by atoms with E-state index < -0.39 is 0 Å². The molecule has 0 aliphatic rings. The van der Waals surface area contributed by atoms with Crippen LogP contribution in [0.25, 0.3) is 0 Å². The Kier molecular flexibility index (Phi) is 5.32. The fourth-order valence-corrected chi connectivity index (χ4v) is 1.33. The normalized spacial score (nSPS) is 11.9. The first kappa shape index (κ1) is 12.5. The Hall–Kier alpha value is -1.58. The number of nitrogens with one attached hydrogen (secondary N) is 2. The number of carbonyl (C=O) groups is 1.